The van der Waals surface area contributed by atoms with Crippen molar-refractivity contribution in [2.75, 3.05) is 0 Å². The Kier molecular flexibility index (Phi) is 8.30. The molecule has 0 aliphatic rings. The number of aliphatic hydroxyl groups is 1. The van der Waals surface area contributed by atoms with Crippen LogP contribution in [0.15, 0.2) is 30.3 Å². The highest BCUT2D eigenvalue weighted by molar-refractivity contribution is 7.38. The van der Waals surface area contributed by atoms with Crippen LogP contribution in [0.4, 0.5) is 0 Å². The summed E-state index contributed by atoms with van der Waals surface area (Å²) in [5, 5.41) is 9.08. The van der Waals surface area contributed by atoms with E-state index < -0.39 is 13.9 Å². The molecule has 2 N–H and O–H groups in total. The van der Waals surface area contributed by atoms with Crippen LogP contribution >= 0.6 is 8.03 Å². The van der Waals surface area contributed by atoms with Crippen LogP contribution in [0.3, 0.4) is 0 Å². The standard InChI is InChI=1S/C7H9O3P.C4H10/c8-7(11(9)10)6-4-2-1-3-5-6;1-3-4-2/h1-5,7-8,11H,(H,9,10);3-4H2,1-2H3. The van der Waals surface area contributed by atoms with E-state index in [0.29, 0.717) is 5.56 Å². The third-order valence-electron chi connectivity index (χ3n) is 1.85. The van der Waals surface area contributed by atoms with Crippen LogP contribution in [0.1, 0.15) is 38.1 Å². The van der Waals surface area contributed by atoms with Crippen LogP contribution in [0.5, 0.6) is 0 Å². The van der Waals surface area contributed by atoms with Crippen LogP contribution in [0.2, 0.25) is 0 Å². The molecule has 3 nitrogen and oxygen atoms in total. The van der Waals surface area contributed by atoms with E-state index in [4.69, 9.17) is 10.00 Å². The molecular formula is C11H19O3P. The first-order valence-corrected chi connectivity index (χ1v) is 6.52. The molecule has 0 aliphatic carbocycles. The van der Waals surface area contributed by atoms with E-state index in [2.05, 4.69) is 13.8 Å². The first-order valence-electron chi connectivity index (χ1n) is 5.09. The third-order valence-corrected chi connectivity index (χ3v) is 2.65. The van der Waals surface area contributed by atoms with Crippen molar-refractivity contribution in [1.82, 2.24) is 0 Å². The molecule has 1 rings (SSSR count). The summed E-state index contributed by atoms with van der Waals surface area (Å²) in [6.07, 6.45) is 2.64. The summed E-state index contributed by atoms with van der Waals surface area (Å²) in [6, 6.07) is 8.43. The lowest BCUT2D eigenvalue weighted by Gasteiger charge is -2.04. The van der Waals surface area contributed by atoms with Crippen molar-refractivity contribution < 1.29 is 14.6 Å². The predicted octanol–water partition coefficient (Wildman–Crippen LogP) is 2.95. The van der Waals surface area contributed by atoms with Gasteiger partial charge in [-0.1, -0.05) is 57.0 Å². The zero-order valence-electron chi connectivity index (χ0n) is 9.18. The van der Waals surface area contributed by atoms with Crippen LogP contribution in [-0.4, -0.2) is 10.00 Å². The average molecular weight is 230 g/mol. The van der Waals surface area contributed by atoms with Gasteiger partial charge in [0.2, 0.25) is 8.03 Å². The Hall–Kier alpha value is -0.630. The molecule has 0 spiro atoms. The minimum Gasteiger partial charge on any atom is -0.378 e. The first-order chi connectivity index (χ1) is 7.13. The minimum absolute atomic E-state index is 0.485. The normalized spacial score (nSPS) is 13.6. The van der Waals surface area contributed by atoms with Crippen LogP contribution in [0, 0.1) is 0 Å². The van der Waals surface area contributed by atoms with Gasteiger partial charge in [0.1, 0.15) is 0 Å². The third kappa shape index (κ3) is 6.45. The summed E-state index contributed by atoms with van der Waals surface area (Å²) in [5.74, 6) is -1.22. The van der Waals surface area contributed by atoms with Gasteiger partial charge in [-0.2, -0.15) is 0 Å². The van der Waals surface area contributed by atoms with Crippen molar-refractivity contribution in [3.63, 3.8) is 0 Å². The van der Waals surface area contributed by atoms with Crippen molar-refractivity contribution in [2.45, 2.75) is 32.5 Å². The molecule has 0 bridgehead atoms. The fourth-order valence-corrected chi connectivity index (χ4v) is 1.26. The summed E-state index contributed by atoms with van der Waals surface area (Å²) in [5.41, 5.74) is 0.485. The molecule has 1 aromatic rings. The Morgan fingerprint density at radius 2 is 1.67 bits per heavy atom. The SMILES string of the molecule is CCCC.O=[PH](O)C(O)c1ccccc1. The van der Waals surface area contributed by atoms with Crippen molar-refractivity contribution >= 4 is 8.03 Å². The number of rotatable bonds is 3. The van der Waals surface area contributed by atoms with E-state index in [1.54, 1.807) is 30.3 Å². The molecule has 2 atom stereocenters. The lowest BCUT2D eigenvalue weighted by molar-refractivity contribution is 0.243. The summed E-state index contributed by atoms with van der Waals surface area (Å²) in [7, 11) is -2.86. The Bertz CT molecular complexity index is 272. The van der Waals surface area contributed by atoms with Gasteiger partial charge in [0.05, 0.1) is 0 Å². The molecule has 0 radical (unpaired) electrons. The summed E-state index contributed by atoms with van der Waals surface area (Å²) in [4.78, 5) is 8.57. The maximum Gasteiger partial charge on any atom is 0.221 e. The molecule has 0 saturated heterocycles. The Labute approximate surface area is 91.6 Å². The van der Waals surface area contributed by atoms with E-state index in [0.717, 1.165) is 0 Å². The highest BCUT2D eigenvalue weighted by Gasteiger charge is 2.10. The van der Waals surface area contributed by atoms with E-state index in [9.17, 15) is 4.57 Å². The van der Waals surface area contributed by atoms with Crippen LogP contribution < -0.4 is 0 Å². The number of hydrogen-bond donors (Lipinski definition) is 2. The molecule has 1 aromatic carbocycles. The van der Waals surface area contributed by atoms with Gasteiger partial charge < -0.3 is 10.00 Å². The zero-order chi connectivity index (χ0) is 11.7. The molecular weight excluding hydrogens is 211 g/mol. The lowest BCUT2D eigenvalue weighted by Crippen LogP contribution is -1.89. The predicted molar refractivity (Wildman–Crippen MR) is 63.2 cm³/mol. The number of unbranched alkanes of at least 4 members (excludes halogenated alkanes) is 1. The van der Waals surface area contributed by atoms with Gasteiger partial charge in [-0.05, 0) is 5.56 Å². The van der Waals surface area contributed by atoms with Crippen LogP contribution in [0.25, 0.3) is 0 Å². The largest absolute Gasteiger partial charge is 0.378 e. The molecule has 0 fully saturated rings. The maximum absolute atomic E-state index is 10.4. The fourth-order valence-electron chi connectivity index (χ4n) is 0.778. The lowest BCUT2D eigenvalue weighted by atomic mass is 10.2. The first kappa shape index (κ1) is 14.4. The highest BCUT2D eigenvalue weighted by atomic mass is 31.1. The van der Waals surface area contributed by atoms with Crippen molar-refractivity contribution in [3.05, 3.63) is 35.9 Å². The number of hydrogen-bond acceptors (Lipinski definition) is 2. The Morgan fingerprint density at radius 3 is 2.00 bits per heavy atom. The second-order valence-corrected chi connectivity index (χ2v) is 4.37. The van der Waals surface area contributed by atoms with E-state index in [-0.39, 0.29) is 0 Å². The maximum atomic E-state index is 10.4. The molecule has 4 heteroatoms. The quantitative estimate of drug-likeness (QED) is 0.785. The minimum atomic E-state index is -2.86. The van der Waals surface area contributed by atoms with Gasteiger partial charge in [-0.25, -0.2) is 0 Å². The van der Waals surface area contributed by atoms with Gasteiger partial charge in [0, 0.05) is 0 Å². The Morgan fingerprint density at radius 1 is 1.20 bits per heavy atom. The number of aliphatic hydroxyl groups excluding tert-OH is 1. The Balaban J connectivity index is 0.000000423. The summed E-state index contributed by atoms with van der Waals surface area (Å²) in [6.45, 7) is 4.36. The van der Waals surface area contributed by atoms with Crippen molar-refractivity contribution in [3.8, 4) is 0 Å². The molecule has 0 aliphatic heterocycles. The van der Waals surface area contributed by atoms with Crippen molar-refractivity contribution in [2.24, 2.45) is 0 Å². The molecule has 2 unspecified atom stereocenters. The highest BCUT2D eigenvalue weighted by Crippen LogP contribution is 2.34. The van der Waals surface area contributed by atoms with Gasteiger partial charge in [0.25, 0.3) is 0 Å². The topological polar surface area (TPSA) is 57.5 Å². The molecule has 0 aromatic heterocycles. The molecule has 0 saturated carbocycles. The molecule has 0 heterocycles. The van der Waals surface area contributed by atoms with E-state index in [1.807, 2.05) is 0 Å². The molecule has 0 amide bonds. The monoisotopic (exact) mass is 230 g/mol. The fraction of sp³-hybridized carbons (Fsp3) is 0.455. The van der Waals surface area contributed by atoms with Gasteiger partial charge in [0.15, 0.2) is 5.85 Å². The summed E-state index contributed by atoms with van der Waals surface area (Å²) < 4.78 is 10.4. The van der Waals surface area contributed by atoms with E-state index in [1.165, 1.54) is 12.8 Å². The molecule has 86 valence electrons. The smallest absolute Gasteiger partial charge is 0.221 e. The van der Waals surface area contributed by atoms with Gasteiger partial charge in [-0.3, -0.25) is 4.57 Å². The average Bonchev–Trinajstić information content (AvgIpc) is 2.29. The second-order valence-electron chi connectivity index (χ2n) is 3.15. The van der Waals surface area contributed by atoms with Crippen LogP contribution in [-0.2, 0) is 4.57 Å². The van der Waals surface area contributed by atoms with Crippen molar-refractivity contribution in [1.29, 1.82) is 0 Å². The molecule has 15 heavy (non-hydrogen) atoms. The van der Waals surface area contributed by atoms with E-state index >= 15 is 0 Å². The zero-order valence-corrected chi connectivity index (χ0v) is 10.2. The van der Waals surface area contributed by atoms with Gasteiger partial charge in [-0.15, -0.1) is 0 Å². The summed E-state index contributed by atoms with van der Waals surface area (Å²) >= 11 is 0. The second kappa shape index (κ2) is 8.66. The number of benzene rings is 1. The van der Waals surface area contributed by atoms with Gasteiger partial charge >= 0.3 is 0 Å².